The van der Waals surface area contributed by atoms with Gasteiger partial charge in [0, 0.05) is 11.9 Å². The minimum absolute atomic E-state index is 0.0392. The van der Waals surface area contributed by atoms with Gasteiger partial charge in [0.25, 0.3) is 0 Å². The lowest BCUT2D eigenvalue weighted by Gasteiger charge is -2.11. The molecule has 3 rings (SSSR count). The zero-order valence-electron chi connectivity index (χ0n) is 13.4. The highest BCUT2D eigenvalue weighted by Crippen LogP contribution is 2.30. The summed E-state index contributed by atoms with van der Waals surface area (Å²) in [7, 11) is 0. The van der Waals surface area contributed by atoms with Crippen LogP contribution in [0.15, 0.2) is 42.6 Å². The number of aromatic carboxylic acids is 1. The molecule has 1 N–H and O–H groups in total. The van der Waals surface area contributed by atoms with Gasteiger partial charge in [0.1, 0.15) is 22.9 Å². The Morgan fingerprint density at radius 3 is 2.62 bits per heavy atom. The van der Waals surface area contributed by atoms with Crippen LogP contribution in [0.4, 0.5) is 4.39 Å². The third-order valence-electron chi connectivity index (χ3n) is 3.55. The zero-order valence-corrected chi connectivity index (χ0v) is 13.4. The molecule has 0 unspecified atom stereocenters. The number of nitrogens with zero attached hydrogens (tertiary/aromatic N) is 2. The van der Waals surface area contributed by atoms with E-state index in [2.05, 4.69) is 18.9 Å². The summed E-state index contributed by atoms with van der Waals surface area (Å²) < 4.78 is 20.4. The number of benzene rings is 2. The quantitative estimate of drug-likeness (QED) is 0.757. The monoisotopic (exact) mass is 328 g/mol. The van der Waals surface area contributed by atoms with E-state index < -0.39 is 5.97 Å². The second-order valence-electron chi connectivity index (χ2n) is 5.99. The molecule has 0 aliphatic heterocycles. The predicted molar refractivity (Wildman–Crippen MR) is 88.0 cm³/mol. The van der Waals surface area contributed by atoms with Crippen LogP contribution in [0.1, 0.15) is 24.2 Å². The van der Waals surface area contributed by atoms with Crippen molar-refractivity contribution in [1.82, 2.24) is 9.78 Å². The first-order chi connectivity index (χ1) is 11.4. The van der Waals surface area contributed by atoms with Crippen LogP contribution < -0.4 is 4.74 Å². The number of hydrogen-bond acceptors (Lipinski definition) is 3. The smallest absolute Gasteiger partial charge is 0.339 e. The number of ether oxygens (including phenoxy) is 1. The number of carboxylic acid groups (broad SMARTS) is 1. The number of carbonyl (C=O) groups is 1. The maximum absolute atomic E-state index is 13.0. The van der Waals surface area contributed by atoms with E-state index in [1.165, 1.54) is 24.3 Å². The van der Waals surface area contributed by atoms with Gasteiger partial charge in [-0.3, -0.25) is 4.68 Å². The lowest BCUT2D eigenvalue weighted by atomic mass is 10.1. The molecule has 1 aromatic heterocycles. The van der Waals surface area contributed by atoms with E-state index in [9.17, 15) is 14.3 Å². The molecule has 5 nitrogen and oxygen atoms in total. The van der Waals surface area contributed by atoms with Crippen LogP contribution in [0.5, 0.6) is 11.5 Å². The summed E-state index contributed by atoms with van der Waals surface area (Å²) in [6.07, 6.45) is 1.68. The van der Waals surface area contributed by atoms with E-state index in [-0.39, 0.29) is 17.1 Å². The van der Waals surface area contributed by atoms with Gasteiger partial charge >= 0.3 is 5.97 Å². The molecule has 0 aliphatic carbocycles. The molecule has 0 saturated heterocycles. The molecule has 0 bridgehead atoms. The molecule has 0 radical (unpaired) electrons. The van der Waals surface area contributed by atoms with Crippen LogP contribution in [0.2, 0.25) is 0 Å². The summed E-state index contributed by atoms with van der Waals surface area (Å²) in [6.45, 7) is 4.83. The normalized spacial score (nSPS) is 11.2. The third-order valence-corrected chi connectivity index (χ3v) is 3.55. The third kappa shape index (κ3) is 3.22. The molecule has 0 aliphatic rings. The van der Waals surface area contributed by atoms with Crippen molar-refractivity contribution in [3.63, 3.8) is 0 Å². The standard InChI is InChI=1S/C18H17FN2O3/c1-11(2)10-21-16-8-15(18(22)23)17(7-12(16)9-20-21)24-14-5-3-13(19)4-6-14/h3-9,11H,10H2,1-2H3,(H,22,23). The summed E-state index contributed by atoms with van der Waals surface area (Å²) >= 11 is 0. The van der Waals surface area contributed by atoms with Gasteiger partial charge in [0.2, 0.25) is 0 Å². The van der Waals surface area contributed by atoms with Gasteiger partial charge in [-0.15, -0.1) is 0 Å². The summed E-state index contributed by atoms with van der Waals surface area (Å²) in [5, 5.41) is 14.6. The van der Waals surface area contributed by atoms with Crippen molar-refractivity contribution in [2.45, 2.75) is 20.4 Å². The van der Waals surface area contributed by atoms with E-state index in [1.807, 2.05) is 0 Å². The average molecular weight is 328 g/mol. The van der Waals surface area contributed by atoms with Crippen molar-refractivity contribution in [1.29, 1.82) is 0 Å². The molecule has 1 heterocycles. The second-order valence-corrected chi connectivity index (χ2v) is 5.99. The van der Waals surface area contributed by atoms with Crippen molar-refractivity contribution in [3.8, 4) is 11.5 Å². The first-order valence-electron chi connectivity index (χ1n) is 7.60. The summed E-state index contributed by atoms with van der Waals surface area (Å²) in [6, 6.07) is 8.63. The Hall–Kier alpha value is -2.89. The van der Waals surface area contributed by atoms with E-state index in [0.717, 1.165) is 10.9 Å². The molecule has 2 aromatic carbocycles. The summed E-state index contributed by atoms with van der Waals surface area (Å²) in [5.74, 6) is -0.521. The van der Waals surface area contributed by atoms with E-state index in [1.54, 1.807) is 23.0 Å². The molecular weight excluding hydrogens is 311 g/mol. The van der Waals surface area contributed by atoms with Gasteiger partial charge in [-0.2, -0.15) is 5.10 Å². The number of carboxylic acids is 1. The first-order valence-corrected chi connectivity index (χ1v) is 7.60. The van der Waals surface area contributed by atoms with Crippen molar-refractivity contribution in [2.24, 2.45) is 5.92 Å². The highest BCUT2D eigenvalue weighted by Gasteiger charge is 2.16. The molecule has 3 aromatic rings. The van der Waals surface area contributed by atoms with E-state index in [4.69, 9.17) is 4.74 Å². The Bertz CT molecular complexity index is 885. The first kappa shape index (κ1) is 16.0. The van der Waals surface area contributed by atoms with Crippen LogP contribution >= 0.6 is 0 Å². The lowest BCUT2D eigenvalue weighted by molar-refractivity contribution is 0.0694. The van der Waals surface area contributed by atoms with Gasteiger partial charge in [-0.05, 0) is 42.3 Å². The Balaban J connectivity index is 2.05. The van der Waals surface area contributed by atoms with E-state index in [0.29, 0.717) is 18.2 Å². The fourth-order valence-electron chi connectivity index (χ4n) is 2.48. The maximum Gasteiger partial charge on any atom is 0.339 e. The number of rotatable bonds is 5. The van der Waals surface area contributed by atoms with Gasteiger partial charge < -0.3 is 9.84 Å². The van der Waals surface area contributed by atoms with Crippen LogP contribution in [0, 0.1) is 11.7 Å². The highest BCUT2D eigenvalue weighted by molar-refractivity contribution is 5.96. The van der Waals surface area contributed by atoms with Gasteiger partial charge in [-0.1, -0.05) is 13.8 Å². The largest absolute Gasteiger partial charge is 0.478 e. The van der Waals surface area contributed by atoms with Crippen molar-refractivity contribution >= 4 is 16.9 Å². The highest BCUT2D eigenvalue weighted by atomic mass is 19.1. The predicted octanol–water partition coefficient (Wildman–Crippen LogP) is 4.32. The molecular formula is C18H17FN2O3. The Labute approximate surface area is 138 Å². The Kier molecular flexibility index (Phi) is 4.20. The molecule has 0 fully saturated rings. The minimum Gasteiger partial charge on any atom is -0.478 e. The Morgan fingerprint density at radius 1 is 1.29 bits per heavy atom. The van der Waals surface area contributed by atoms with Gasteiger partial charge in [-0.25, -0.2) is 9.18 Å². The number of aromatic nitrogens is 2. The Morgan fingerprint density at radius 2 is 2.00 bits per heavy atom. The van der Waals surface area contributed by atoms with Gasteiger partial charge in [0.05, 0.1) is 11.7 Å². The fourth-order valence-corrected chi connectivity index (χ4v) is 2.48. The SMILES string of the molecule is CC(C)Cn1ncc2cc(Oc3ccc(F)cc3)c(C(=O)O)cc21. The fraction of sp³-hybridized carbons (Fsp3) is 0.222. The number of hydrogen-bond donors (Lipinski definition) is 1. The molecule has 24 heavy (non-hydrogen) atoms. The summed E-state index contributed by atoms with van der Waals surface area (Å²) in [4.78, 5) is 11.6. The number of halogens is 1. The molecule has 0 atom stereocenters. The van der Waals surface area contributed by atoms with Gasteiger partial charge in [0.15, 0.2) is 0 Å². The number of fused-ring (bicyclic) bond motifs is 1. The molecule has 0 saturated carbocycles. The summed E-state index contributed by atoms with van der Waals surface area (Å²) in [5.41, 5.74) is 0.782. The van der Waals surface area contributed by atoms with Crippen LogP contribution in [-0.4, -0.2) is 20.9 Å². The lowest BCUT2D eigenvalue weighted by Crippen LogP contribution is -2.07. The van der Waals surface area contributed by atoms with Crippen LogP contribution in [0.25, 0.3) is 10.9 Å². The van der Waals surface area contributed by atoms with Crippen LogP contribution in [0.3, 0.4) is 0 Å². The molecule has 0 amide bonds. The topological polar surface area (TPSA) is 64.4 Å². The van der Waals surface area contributed by atoms with E-state index >= 15 is 0 Å². The van der Waals surface area contributed by atoms with Crippen molar-refractivity contribution in [2.75, 3.05) is 0 Å². The molecule has 124 valence electrons. The van der Waals surface area contributed by atoms with Crippen LogP contribution in [-0.2, 0) is 6.54 Å². The van der Waals surface area contributed by atoms with Crippen molar-refractivity contribution in [3.05, 3.63) is 54.0 Å². The molecule has 0 spiro atoms. The maximum atomic E-state index is 13.0. The molecule has 6 heteroatoms. The zero-order chi connectivity index (χ0) is 17.3. The minimum atomic E-state index is -1.09. The average Bonchev–Trinajstić information content (AvgIpc) is 2.90. The van der Waals surface area contributed by atoms with Crippen molar-refractivity contribution < 1.29 is 19.0 Å². The second kappa shape index (κ2) is 6.31.